The molecule has 3 heterocycles. The molecule has 0 saturated carbocycles. The van der Waals surface area contributed by atoms with Crippen LogP contribution in [-0.2, 0) is 19.3 Å². The minimum atomic E-state index is -4.39. The number of anilines is 2. The lowest BCUT2D eigenvalue weighted by atomic mass is 9.97. The van der Waals surface area contributed by atoms with Crippen molar-refractivity contribution in [2.45, 2.75) is 46.1 Å². The van der Waals surface area contributed by atoms with Crippen LogP contribution in [0, 0.1) is 13.8 Å². The zero-order chi connectivity index (χ0) is 24.0. The first-order valence-electron chi connectivity index (χ1n) is 11.2. The minimum Gasteiger partial charge on any atom is -0.362 e. The fraction of sp³-hybridized carbons (Fsp3) is 0.320. The Labute approximate surface area is 195 Å². The maximum absolute atomic E-state index is 13.4. The van der Waals surface area contributed by atoms with E-state index in [-0.39, 0.29) is 5.56 Å². The van der Waals surface area contributed by atoms with Gasteiger partial charge in [0.05, 0.1) is 30.0 Å². The van der Waals surface area contributed by atoms with Crippen LogP contribution in [0.5, 0.6) is 0 Å². The molecule has 1 aliphatic heterocycles. The summed E-state index contributed by atoms with van der Waals surface area (Å²) in [5.41, 5.74) is 2.21. The van der Waals surface area contributed by atoms with Crippen LogP contribution in [0.2, 0.25) is 0 Å². The van der Waals surface area contributed by atoms with Gasteiger partial charge < -0.3 is 14.8 Å². The van der Waals surface area contributed by atoms with E-state index in [2.05, 4.69) is 48.3 Å². The van der Waals surface area contributed by atoms with Crippen LogP contribution in [0.1, 0.15) is 41.2 Å². The Hall–Kier alpha value is -3.62. The molecule has 1 aliphatic rings. The molecule has 176 valence electrons. The summed E-state index contributed by atoms with van der Waals surface area (Å²) >= 11 is 0. The number of rotatable bonds is 4. The Morgan fingerprint density at radius 1 is 1.09 bits per heavy atom. The first kappa shape index (κ1) is 22.2. The molecular weight excluding hydrogens is 441 g/mol. The van der Waals surface area contributed by atoms with Gasteiger partial charge in [0.15, 0.2) is 5.82 Å². The van der Waals surface area contributed by atoms with Crippen LogP contribution in [0.15, 0.2) is 48.8 Å². The minimum absolute atomic E-state index is 0.211. The molecule has 4 aromatic rings. The highest BCUT2D eigenvalue weighted by Crippen LogP contribution is 2.36. The van der Waals surface area contributed by atoms with E-state index in [1.165, 1.54) is 13.0 Å². The molecule has 2 aromatic carbocycles. The molecule has 0 fully saturated rings. The summed E-state index contributed by atoms with van der Waals surface area (Å²) in [6, 6.07) is 9.99. The fourth-order valence-corrected chi connectivity index (χ4v) is 4.70. The van der Waals surface area contributed by atoms with E-state index in [0.717, 1.165) is 47.1 Å². The van der Waals surface area contributed by atoms with E-state index >= 15 is 0 Å². The van der Waals surface area contributed by atoms with E-state index in [1.54, 1.807) is 12.3 Å². The van der Waals surface area contributed by atoms with Gasteiger partial charge in [-0.05, 0) is 50.1 Å². The van der Waals surface area contributed by atoms with E-state index in [4.69, 9.17) is 0 Å². The Kier molecular flexibility index (Phi) is 5.42. The molecule has 1 unspecified atom stereocenters. The Morgan fingerprint density at radius 2 is 1.91 bits per heavy atom. The van der Waals surface area contributed by atoms with Crippen molar-refractivity contribution in [3.8, 4) is 0 Å². The third-order valence-corrected chi connectivity index (χ3v) is 6.44. The maximum Gasteiger partial charge on any atom is 0.416 e. The third kappa shape index (κ3) is 4.06. The predicted molar refractivity (Wildman–Crippen MR) is 126 cm³/mol. The normalized spacial score (nSPS) is 14.8. The number of benzene rings is 2. The maximum atomic E-state index is 13.4. The fourth-order valence-electron chi connectivity index (χ4n) is 4.70. The van der Waals surface area contributed by atoms with Gasteiger partial charge in [-0.3, -0.25) is 0 Å². The highest BCUT2D eigenvalue weighted by Gasteiger charge is 2.33. The second-order valence-corrected chi connectivity index (χ2v) is 8.76. The van der Waals surface area contributed by atoms with Crippen molar-refractivity contribution in [2.75, 3.05) is 16.8 Å². The molecule has 1 N–H and O–H groups in total. The molecule has 0 spiro atoms. The van der Waals surface area contributed by atoms with Gasteiger partial charge in [0.2, 0.25) is 0 Å². The third-order valence-electron chi connectivity index (χ3n) is 6.44. The summed E-state index contributed by atoms with van der Waals surface area (Å²) in [5.74, 6) is 1.57. The van der Waals surface area contributed by atoms with Crippen molar-refractivity contribution in [2.24, 2.45) is 0 Å². The van der Waals surface area contributed by atoms with Gasteiger partial charge in [0.1, 0.15) is 5.82 Å². The smallest absolute Gasteiger partial charge is 0.362 e. The van der Waals surface area contributed by atoms with E-state index in [1.807, 2.05) is 19.9 Å². The van der Waals surface area contributed by atoms with Gasteiger partial charge in [0, 0.05) is 35.7 Å². The van der Waals surface area contributed by atoms with Gasteiger partial charge >= 0.3 is 6.18 Å². The number of nitrogens with zero attached hydrogens (tertiary/aromatic N) is 5. The summed E-state index contributed by atoms with van der Waals surface area (Å²) in [5, 5.41) is 13.4. The van der Waals surface area contributed by atoms with Crippen molar-refractivity contribution >= 4 is 22.3 Å². The Balaban J connectivity index is 1.46. The lowest BCUT2D eigenvalue weighted by Gasteiger charge is -2.30. The highest BCUT2D eigenvalue weighted by atomic mass is 19.4. The molecule has 0 saturated heterocycles. The lowest BCUT2D eigenvalue weighted by Crippen LogP contribution is -2.33. The SMILES string of the molecule is Cc1cn2c(n1)CN(c1ccc3cnnc(NC(C)c4cccc(C(F)(F)F)c4C)c3c1)CC2. The Bertz CT molecular complexity index is 1360. The number of imidazole rings is 1. The van der Waals surface area contributed by atoms with Gasteiger partial charge in [0.25, 0.3) is 0 Å². The summed E-state index contributed by atoms with van der Waals surface area (Å²) in [6.45, 7) is 7.76. The quantitative estimate of drug-likeness (QED) is 0.421. The van der Waals surface area contributed by atoms with Crippen LogP contribution < -0.4 is 10.2 Å². The van der Waals surface area contributed by atoms with Gasteiger partial charge in [-0.25, -0.2) is 4.98 Å². The van der Waals surface area contributed by atoms with Crippen molar-refractivity contribution in [3.05, 3.63) is 77.0 Å². The highest BCUT2D eigenvalue weighted by molar-refractivity contribution is 5.93. The number of fused-ring (bicyclic) bond motifs is 2. The first-order chi connectivity index (χ1) is 16.2. The van der Waals surface area contributed by atoms with Crippen LogP contribution in [0.3, 0.4) is 0 Å². The second-order valence-electron chi connectivity index (χ2n) is 8.76. The predicted octanol–water partition coefficient (Wildman–Crippen LogP) is 5.66. The summed E-state index contributed by atoms with van der Waals surface area (Å²) < 4.78 is 42.4. The molecular formula is C25H25F3N6. The van der Waals surface area contributed by atoms with Crippen LogP contribution >= 0.6 is 0 Å². The van der Waals surface area contributed by atoms with E-state index < -0.39 is 17.8 Å². The monoisotopic (exact) mass is 466 g/mol. The molecule has 0 amide bonds. The topological polar surface area (TPSA) is 58.9 Å². The Morgan fingerprint density at radius 3 is 2.71 bits per heavy atom. The van der Waals surface area contributed by atoms with Crippen LogP contribution in [0.25, 0.3) is 10.8 Å². The van der Waals surface area contributed by atoms with Gasteiger partial charge in [-0.15, -0.1) is 5.10 Å². The van der Waals surface area contributed by atoms with Crippen molar-refractivity contribution in [3.63, 3.8) is 0 Å². The van der Waals surface area contributed by atoms with Gasteiger partial charge in [-0.2, -0.15) is 18.3 Å². The standard InChI is InChI=1S/C25H25F3N6/c1-15-13-34-10-9-33(14-23(34)30-15)19-8-7-18-12-29-32-24(21(18)11-19)31-17(3)20-5-4-6-22(16(20)2)25(26,27)28/h4-8,11-13,17H,9-10,14H2,1-3H3,(H,31,32). The lowest BCUT2D eigenvalue weighted by molar-refractivity contribution is -0.138. The molecule has 9 heteroatoms. The van der Waals surface area contributed by atoms with Gasteiger partial charge in [-0.1, -0.05) is 18.2 Å². The molecule has 6 nitrogen and oxygen atoms in total. The van der Waals surface area contributed by atoms with E-state index in [0.29, 0.717) is 17.9 Å². The molecule has 0 radical (unpaired) electrons. The number of aryl methyl sites for hydroxylation is 1. The van der Waals surface area contributed by atoms with E-state index in [9.17, 15) is 13.2 Å². The average molecular weight is 467 g/mol. The van der Waals surface area contributed by atoms with Crippen molar-refractivity contribution < 1.29 is 13.2 Å². The number of alkyl halides is 3. The molecule has 34 heavy (non-hydrogen) atoms. The summed E-state index contributed by atoms with van der Waals surface area (Å²) in [7, 11) is 0. The summed E-state index contributed by atoms with van der Waals surface area (Å²) in [4.78, 5) is 6.89. The van der Waals surface area contributed by atoms with Crippen molar-refractivity contribution in [1.29, 1.82) is 0 Å². The average Bonchev–Trinajstić information content (AvgIpc) is 3.17. The summed E-state index contributed by atoms with van der Waals surface area (Å²) in [6.07, 6.45) is -0.631. The van der Waals surface area contributed by atoms with Crippen LogP contribution in [0.4, 0.5) is 24.7 Å². The first-order valence-corrected chi connectivity index (χ1v) is 11.2. The zero-order valence-electron chi connectivity index (χ0n) is 19.2. The number of aromatic nitrogens is 4. The van der Waals surface area contributed by atoms with Crippen LogP contribution in [-0.4, -0.2) is 26.3 Å². The molecule has 0 aliphatic carbocycles. The van der Waals surface area contributed by atoms with Crippen molar-refractivity contribution in [1.82, 2.24) is 19.7 Å². The largest absolute Gasteiger partial charge is 0.416 e. The number of nitrogens with one attached hydrogen (secondary N) is 1. The zero-order valence-corrected chi connectivity index (χ0v) is 19.2. The number of hydrogen-bond donors (Lipinski definition) is 1. The molecule has 0 bridgehead atoms. The number of hydrogen-bond acceptors (Lipinski definition) is 5. The number of halogens is 3. The second kappa shape index (κ2) is 8.30. The molecule has 5 rings (SSSR count). The molecule has 2 aromatic heterocycles. The molecule has 1 atom stereocenters.